The van der Waals surface area contributed by atoms with E-state index in [0.29, 0.717) is 16.8 Å². The van der Waals surface area contributed by atoms with E-state index in [-0.39, 0.29) is 5.56 Å². The van der Waals surface area contributed by atoms with Crippen LogP contribution >= 0.6 is 0 Å². The van der Waals surface area contributed by atoms with E-state index in [1.165, 1.54) is 12.8 Å². The number of aromatic nitrogens is 3. The third-order valence-corrected chi connectivity index (χ3v) is 4.36. The lowest BCUT2D eigenvalue weighted by molar-refractivity contribution is 0.0699. The second-order valence-electron chi connectivity index (χ2n) is 5.74. The Kier molecular flexibility index (Phi) is 2.59. The van der Waals surface area contributed by atoms with Crippen LogP contribution in [0.25, 0.3) is 11.0 Å². The van der Waals surface area contributed by atoms with Gasteiger partial charge in [0.25, 0.3) is 0 Å². The molecule has 1 N–H and O–H groups in total. The summed E-state index contributed by atoms with van der Waals surface area (Å²) >= 11 is 0. The molecular weight excluding hydrogens is 242 g/mol. The summed E-state index contributed by atoms with van der Waals surface area (Å²) in [6.07, 6.45) is 2.43. The van der Waals surface area contributed by atoms with Gasteiger partial charge in [-0.2, -0.15) is 0 Å². The molecule has 1 aliphatic carbocycles. The highest BCUT2D eigenvalue weighted by Gasteiger charge is 2.46. The Bertz CT molecular complexity index is 641. The molecule has 5 heteroatoms. The van der Waals surface area contributed by atoms with Crippen molar-refractivity contribution >= 4 is 17.0 Å². The third-order valence-electron chi connectivity index (χ3n) is 4.36. The van der Waals surface area contributed by atoms with E-state index in [9.17, 15) is 4.79 Å². The molecule has 0 bridgehead atoms. The number of aromatic carboxylic acids is 1. The number of carbonyl (C=O) groups is 1. The molecule has 1 aromatic heterocycles. The van der Waals surface area contributed by atoms with Crippen LogP contribution in [0.5, 0.6) is 0 Å². The lowest BCUT2D eigenvalue weighted by atomic mass is 9.92. The minimum absolute atomic E-state index is 0.221. The number of hydrogen-bond acceptors (Lipinski definition) is 3. The van der Waals surface area contributed by atoms with E-state index in [1.807, 2.05) is 10.7 Å². The summed E-state index contributed by atoms with van der Waals surface area (Å²) in [4.78, 5) is 11.2. The van der Waals surface area contributed by atoms with E-state index in [0.717, 1.165) is 12.1 Å². The number of benzene rings is 1. The highest BCUT2D eigenvalue weighted by Crippen LogP contribution is 2.53. The van der Waals surface area contributed by atoms with E-state index in [1.54, 1.807) is 12.1 Å². The van der Waals surface area contributed by atoms with E-state index < -0.39 is 5.97 Å². The monoisotopic (exact) mass is 259 g/mol. The summed E-state index contributed by atoms with van der Waals surface area (Å²) in [5.74, 6) is -0.350. The van der Waals surface area contributed by atoms with Crippen LogP contribution in [0.1, 0.15) is 37.0 Å². The first-order valence-corrected chi connectivity index (χ1v) is 6.59. The van der Waals surface area contributed by atoms with Gasteiger partial charge in [0.05, 0.1) is 11.1 Å². The van der Waals surface area contributed by atoms with Crippen LogP contribution in [0, 0.1) is 11.3 Å². The standard InChI is InChI=1S/C14H17N3O2/c1-9(2)14(6-7-14)8-17-11-5-3-4-10(13(18)19)12(11)15-16-17/h3-5,9H,6-8H2,1-2H3,(H,18,19). The molecule has 19 heavy (non-hydrogen) atoms. The molecule has 1 aliphatic rings. The van der Waals surface area contributed by atoms with Gasteiger partial charge in [-0.15, -0.1) is 5.10 Å². The highest BCUT2D eigenvalue weighted by atomic mass is 16.4. The second-order valence-corrected chi connectivity index (χ2v) is 5.74. The molecule has 1 saturated carbocycles. The van der Waals surface area contributed by atoms with Crippen LogP contribution in [-0.4, -0.2) is 26.1 Å². The van der Waals surface area contributed by atoms with Crippen LogP contribution in [0.3, 0.4) is 0 Å². The molecule has 0 radical (unpaired) electrons. The minimum atomic E-state index is -0.956. The zero-order valence-corrected chi connectivity index (χ0v) is 11.1. The molecule has 2 aromatic rings. The molecule has 1 fully saturated rings. The average molecular weight is 259 g/mol. The van der Waals surface area contributed by atoms with E-state index >= 15 is 0 Å². The Balaban J connectivity index is 2.02. The van der Waals surface area contributed by atoms with Crippen molar-refractivity contribution in [2.24, 2.45) is 11.3 Å². The normalized spacial score (nSPS) is 17.0. The fourth-order valence-electron chi connectivity index (χ4n) is 2.66. The maximum absolute atomic E-state index is 11.2. The molecule has 0 spiro atoms. The van der Waals surface area contributed by atoms with Crippen molar-refractivity contribution < 1.29 is 9.90 Å². The molecule has 100 valence electrons. The highest BCUT2D eigenvalue weighted by molar-refractivity contribution is 6.00. The fourth-order valence-corrected chi connectivity index (χ4v) is 2.66. The van der Waals surface area contributed by atoms with Crippen molar-refractivity contribution in [3.05, 3.63) is 23.8 Å². The molecule has 1 heterocycles. The maximum Gasteiger partial charge on any atom is 0.338 e. The Hall–Kier alpha value is -1.91. The topological polar surface area (TPSA) is 68.0 Å². The predicted molar refractivity (Wildman–Crippen MR) is 71.0 cm³/mol. The molecule has 0 aliphatic heterocycles. The quantitative estimate of drug-likeness (QED) is 0.916. The Morgan fingerprint density at radius 2 is 2.21 bits per heavy atom. The molecule has 0 atom stereocenters. The number of nitrogens with zero attached hydrogens (tertiary/aromatic N) is 3. The molecule has 0 amide bonds. The zero-order valence-electron chi connectivity index (χ0n) is 11.1. The summed E-state index contributed by atoms with van der Waals surface area (Å²) in [6, 6.07) is 5.21. The van der Waals surface area contributed by atoms with Crippen molar-refractivity contribution in [3.8, 4) is 0 Å². The minimum Gasteiger partial charge on any atom is -0.478 e. The van der Waals surface area contributed by atoms with Crippen LogP contribution in [-0.2, 0) is 6.54 Å². The lowest BCUT2D eigenvalue weighted by Gasteiger charge is -2.19. The molecule has 5 nitrogen and oxygen atoms in total. The van der Waals surface area contributed by atoms with E-state index in [4.69, 9.17) is 5.11 Å². The molecule has 1 aromatic carbocycles. The Morgan fingerprint density at radius 1 is 1.47 bits per heavy atom. The van der Waals surface area contributed by atoms with Gasteiger partial charge in [0.15, 0.2) is 0 Å². The number of carboxylic acid groups (broad SMARTS) is 1. The van der Waals surface area contributed by atoms with Gasteiger partial charge in [-0.25, -0.2) is 9.48 Å². The summed E-state index contributed by atoms with van der Waals surface area (Å²) < 4.78 is 1.86. The summed E-state index contributed by atoms with van der Waals surface area (Å²) in [6.45, 7) is 5.29. The SMILES string of the molecule is CC(C)C1(Cn2nnc3c(C(=O)O)cccc32)CC1. The zero-order chi connectivity index (χ0) is 13.6. The van der Waals surface area contributed by atoms with Crippen molar-refractivity contribution in [2.45, 2.75) is 33.2 Å². The van der Waals surface area contributed by atoms with Crippen LogP contribution in [0.4, 0.5) is 0 Å². The van der Waals surface area contributed by atoms with Crippen LogP contribution in [0.2, 0.25) is 0 Å². The molecular formula is C14H17N3O2. The van der Waals surface area contributed by atoms with Crippen molar-refractivity contribution in [3.63, 3.8) is 0 Å². The predicted octanol–water partition coefficient (Wildman–Crippen LogP) is 2.57. The van der Waals surface area contributed by atoms with Gasteiger partial charge in [-0.1, -0.05) is 25.1 Å². The van der Waals surface area contributed by atoms with Gasteiger partial charge in [-0.05, 0) is 36.3 Å². The number of fused-ring (bicyclic) bond motifs is 1. The fraction of sp³-hybridized carbons (Fsp3) is 0.500. The van der Waals surface area contributed by atoms with Gasteiger partial charge in [0.1, 0.15) is 5.52 Å². The molecule has 0 saturated heterocycles. The Labute approximate surface area is 111 Å². The Morgan fingerprint density at radius 3 is 2.79 bits per heavy atom. The van der Waals surface area contributed by atoms with Crippen LogP contribution in [0.15, 0.2) is 18.2 Å². The average Bonchev–Trinajstić information content (AvgIpc) is 3.05. The van der Waals surface area contributed by atoms with Crippen molar-refractivity contribution in [2.75, 3.05) is 0 Å². The summed E-state index contributed by atoms with van der Waals surface area (Å²) in [5.41, 5.74) is 1.83. The van der Waals surface area contributed by atoms with E-state index in [2.05, 4.69) is 24.2 Å². The summed E-state index contributed by atoms with van der Waals surface area (Å²) in [5, 5.41) is 17.3. The number of rotatable bonds is 4. The largest absolute Gasteiger partial charge is 0.478 e. The second kappa shape index (κ2) is 4.05. The number of hydrogen-bond donors (Lipinski definition) is 1. The van der Waals surface area contributed by atoms with Gasteiger partial charge in [-0.3, -0.25) is 0 Å². The lowest BCUT2D eigenvalue weighted by Crippen LogP contribution is -2.18. The number of carboxylic acids is 1. The molecule has 3 rings (SSSR count). The van der Waals surface area contributed by atoms with Crippen molar-refractivity contribution in [1.82, 2.24) is 15.0 Å². The molecule has 0 unspecified atom stereocenters. The summed E-state index contributed by atoms with van der Waals surface area (Å²) in [7, 11) is 0. The van der Waals surface area contributed by atoms with Gasteiger partial charge >= 0.3 is 5.97 Å². The first-order chi connectivity index (χ1) is 9.03. The van der Waals surface area contributed by atoms with Crippen LogP contribution < -0.4 is 0 Å². The first kappa shape index (κ1) is 12.1. The van der Waals surface area contributed by atoms with Crippen molar-refractivity contribution in [1.29, 1.82) is 0 Å². The smallest absolute Gasteiger partial charge is 0.338 e. The van der Waals surface area contributed by atoms with Gasteiger partial charge in [0, 0.05) is 6.54 Å². The van der Waals surface area contributed by atoms with Gasteiger partial charge in [0.2, 0.25) is 0 Å². The maximum atomic E-state index is 11.2. The first-order valence-electron chi connectivity index (χ1n) is 6.59. The van der Waals surface area contributed by atoms with Gasteiger partial charge < -0.3 is 5.11 Å². The third kappa shape index (κ3) is 1.89.